The Labute approximate surface area is 77.9 Å². The summed E-state index contributed by atoms with van der Waals surface area (Å²) in [6, 6.07) is 4.20. The quantitative estimate of drug-likeness (QED) is 0.668. The van der Waals surface area contributed by atoms with Gasteiger partial charge in [-0.1, -0.05) is 12.1 Å². The second-order valence-corrected chi connectivity index (χ2v) is 3.91. The van der Waals surface area contributed by atoms with Crippen LogP contribution in [0.4, 0.5) is 0 Å². The molecule has 0 heterocycles. The molecule has 0 radical (unpaired) electrons. The molecule has 0 aliphatic carbocycles. The van der Waals surface area contributed by atoms with E-state index in [4.69, 9.17) is 0 Å². The van der Waals surface area contributed by atoms with Crippen molar-refractivity contribution >= 4 is 31.9 Å². The molecule has 2 heteroatoms. The van der Waals surface area contributed by atoms with Crippen LogP contribution in [0.1, 0.15) is 11.1 Å². The van der Waals surface area contributed by atoms with Crippen molar-refractivity contribution < 1.29 is 0 Å². The van der Waals surface area contributed by atoms with Gasteiger partial charge in [0.15, 0.2) is 0 Å². The third-order valence-corrected chi connectivity index (χ3v) is 4.04. The normalized spacial score (nSPS) is 10.0. The molecule has 0 amide bonds. The highest BCUT2D eigenvalue weighted by Crippen LogP contribution is 2.28. The van der Waals surface area contributed by atoms with Crippen LogP contribution in [0.5, 0.6) is 0 Å². The molecule has 0 spiro atoms. The molecule has 0 fully saturated rings. The van der Waals surface area contributed by atoms with Crippen LogP contribution in [0.3, 0.4) is 0 Å². The molecule has 0 unspecified atom stereocenters. The first kappa shape index (κ1) is 8.28. The fourth-order valence-electron chi connectivity index (χ4n) is 0.743. The minimum Gasteiger partial charge on any atom is -0.0579 e. The average Bonchev–Trinajstić information content (AvgIpc) is 1.93. The Bertz CT molecular complexity index is 227. The molecule has 0 N–H and O–H groups in total. The number of hydrogen-bond acceptors (Lipinski definition) is 0. The van der Waals surface area contributed by atoms with Crippen molar-refractivity contribution in [2.75, 3.05) is 0 Å². The predicted octanol–water partition coefficient (Wildman–Crippen LogP) is 3.83. The van der Waals surface area contributed by atoms with Crippen LogP contribution in [0.15, 0.2) is 21.1 Å². The lowest BCUT2D eigenvalue weighted by Gasteiger charge is -2.02. The van der Waals surface area contributed by atoms with Gasteiger partial charge < -0.3 is 0 Å². The minimum atomic E-state index is 1.16. The first-order valence-corrected chi connectivity index (χ1v) is 4.62. The maximum Gasteiger partial charge on any atom is 0.0349 e. The molecule has 0 atom stereocenters. The number of halogens is 2. The zero-order valence-corrected chi connectivity index (χ0v) is 9.08. The van der Waals surface area contributed by atoms with Crippen molar-refractivity contribution in [1.82, 2.24) is 0 Å². The van der Waals surface area contributed by atoms with E-state index in [1.807, 2.05) is 0 Å². The molecule has 0 nitrogen and oxygen atoms in total. The van der Waals surface area contributed by atoms with Gasteiger partial charge in [0.25, 0.3) is 0 Å². The van der Waals surface area contributed by atoms with Crippen LogP contribution in [-0.2, 0) is 0 Å². The van der Waals surface area contributed by atoms with Gasteiger partial charge in [-0.2, -0.15) is 0 Å². The van der Waals surface area contributed by atoms with E-state index in [2.05, 4.69) is 57.8 Å². The Morgan fingerprint density at radius 3 is 1.50 bits per heavy atom. The standard InChI is InChI=1S/C8H8Br2/c1-5-3-4-6(2)8(10)7(5)9/h3-4H,1-2H3. The molecule has 0 saturated heterocycles. The number of rotatable bonds is 0. The average molecular weight is 264 g/mol. The smallest absolute Gasteiger partial charge is 0.0349 e. The van der Waals surface area contributed by atoms with Crippen molar-refractivity contribution in [2.24, 2.45) is 0 Å². The molecule has 0 aliphatic heterocycles. The van der Waals surface area contributed by atoms with Crippen LogP contribution >= 0.6 is 31.9 Å². The first-order valence-electron chi connectivity index (χ1n) is 3.04. The second-order valence-electron chi connectivity index (χ2n) is 2.33. The van der Waals surface area contributed by atoms with Gasteiger partial charge in [0.2, 0.25) is 0 Å². The molecule has 0 aliphatic rings. The van der Waals surface area contributed by atoms with E-state index in [-0.39, 0.29) is 0 Å². The second kappa shape index (κ2) is 3.05. The Hall–Kier alpha value is 0.180. The van der Waals surface area contributed by atoms with Gasteiger partial charge in [0.1, 0.15) is 0 Å². The third-order valence-electron chi connectivity index (χ3n) is 1.47. The van der Waals surface area contributed by atoms with Crippen molar-refractivity contribution in [3.63, 3.8) is 0 Å². The molecule has 54 valence electrons. The van der Waals surface area contributed by atoms with Gasteiger partial charge in [-0.3, -0.25) is 0 Å². The van der Waals surface area contributed by atoms with Crippen molar-refractivity contribution in [3.05, 3.63) is 32.2 Å². The number of benzene rings is 1. The molecule has 1 aromatic carbocycles. The third kappa shape index (κ3) is 1.43. The summed E-state index contributed by atoms with van der Waals surface area (Å²) in [6.45, 7) is 4.16. The van der Waals surface area contributed by atoms with Crippen molar-refractivity contribution in [3.8, 4) is 0 Å². The molecule has 0 saturated carbocycles. The molecular weight excluding hydrogens is 256 g/mol. The summed E-state index contributed by atoms with van der Waals surface area (Å²) >= 11 is 6.97. The molecule has 0 aromatic heterocycles. The summed E-state index contributed by atoms with van der Waals surface area (Å²) in [5.74, 6) is 0. The van der Waals surface area contributed by atoms with E-state index in [9.17, 15) is 0 Å². The topological polar surface area (TPSA) is 0 Å². The van der Waals surface area contributed by atoms with E-state index in [0.717, 1.165) is 8.95 Å². The summed E-state index contributed by atoms with van der Waals surface area (Å²) in [4.78, 5) is 0. The molecule has 1 rings (SSSR count). The Morgan fingerprint density at radius 1 is 0.900 bits per heavy atom. The maximum absolute atomic E-state index is 3.48. The molecule has 1 aromatic rings. The molecular formula is C8H8Br2. The molecule has 0 bridgehead atoms. The van der Waals surface area contributed by atoms with Gasteiger partial charge in [0.05, 0.1) is 0 Å². The Kier molecular flexibility index (Phi) is 2.53. The van der Waals surface area contributed by atoms with Crippen LogP contribution in [0.25, 0.3) is 0 Å². The van der Waals surface area contributed by atoms with Gasteiger partial charge in [-0.05, 0) is 56.8 Å². The van der Waals surface area contributed by atoms with Crippen LogP contribution in [0, 0.1) is 13.8 Å². The molecule has 10 heavy (non-hydrogen) atoms. The van der Waals surface area contributed by atoms with Crippen LogP contribution < -0.4 is 0 Å². The lowest BCUT2D eigenvalue weighted by molar-refractivity contribution is 1.33. The number of hydrogen-bond donors (Lipinski definition) is 0. The largest absolute Gasteiger partial charge is 0.0579 e. The highest BCUT2D eigenvalue weighted by molar-refractivity contribution is 9.13. The number of aryl methyl sites for hydroxylation is 2. The van der Waals surface area contributed by atoms with Crippen molar-refractivity contribution in [2.45, 2.75) is 13.8 Å². The van der Waals surface area contributed by atoms with Crippen LogP contribution in [-0.4, -0.2) is 0 Å². The van der Waals surface area contributed by atoms with Gasteiger partial charge in [-0.25, -0.2) is 0 Å². The van der Waals surface area contributed by atoms with Gasteiger partial charge >= 0.3 is 0 Å². The Morgan fingerprint density at radius 2 is 1.20 bits per heavy atom. The zero-order chi connectivity index (χ0) is 7.72. The van der Waals surface area contributed by atoms with Crippen LogP contribution in [0.2, 0.25) is 0 Å². The highest BCUT2D eigenvalue weighted by atomic mass is 79.9. The summed E-state index contributed by atoms with van der Waals surface area (Å²) in [7, 11) is 0. The summed E-state index contributed by atoms with van der Waals surface area (Å²) < 4.78 is 2.32. The van der Waals surface area contributed by atoms with E-state index in [1.54, 1.807) is 0 Å². The fourth-order valence-corrected chi connectivity index (χ4v) is 1.63. The summed E-state index contributed by atoms with van der Waals surface area (Å²) in [5.41, 5.74) is 2.52. The zero-order valence-electron chi connectivity index (χ0n) is 5.91. The monoisotopic (exact) mass is 262 g/mol. The maximum atomic E-state index is 3.48. The minimum absolute atomic E-state index is 1.16. The fraction of sp³-hybridized carbons (Fsp3) is 0.250. The first-order chi connectivity index (χ1) is 4.63. The van der Waals surface area contributed by atoms with E-state index >= 15 is 0 Å². The van der Waals surface area contributed by atoms with E-state index in [0.29, 0.717) is 0 Å². The predicted molar refractivity (Wildman–Crippen MR) is 51.3 cm³/mol. The summed E-state index contributed by atoms with van der Waals surface area (Å²) in [6.07, 6.45) is 0. The SMILES string of the molecule is Cc1ccc(C)c(Br)c1Br. The van der Waals surface area contributed by atoms with Gasteiger partial charge in [-0.15, -0.1) is 0 Å². The lowest BCUT2D eigenvalue weighted by atomic mass is 10.2. The highest BCUT2D eigenvalue weighted by Gasteiger charge is 2.01. The van der Waals surface area contributed by atoms with E-state index < -0.39 is 0 Å². The lowest BCUT2D eigenvalue weighted by Crippen LogP contribution is -1.80. The van der Waals surface area contributed by atoms with Gasteiger partial charge in [0, 0.05) is 8.95 Å². The summed E-state index contributed by atoms with van der Waals surface area (Å²) in [5, 5.41) is 0. The Balaban J connectivity index is 3.34. The van der Waals surface area contributed by atoms with Crippen molar-refractivity contribution in [1.29, 1.82) is 0 Å². The van der Waals surface area contributed by atoms with E-state index in [1.165, 1.54) is 11.1 Å².